The highest BCUT2D eigenvalue weighted by Gasteiger charge is 2.38. The highest BCUT2D eigenvalue weighted by atomic mass is 32.2. The van der Waals surface area contributed by atoms with Gasteiger partial charge in [-0.2, -0.15) is 0 Å². The summed E-state index contributed by atoms with van der Waals surface area (Å²) in [4.78, 5) is 7.41. The van der Waals surface area contributed by atoms with E-state index in [1.807, 2.05) is 11.8 Å². The van der Waals surface area contributed by atoms with Crippen LogP contribution in [-0.4, -0.2) is 0 Å². The first-order valence-corrected chi connectivity index (χ1v) is 9.18. The van der Waals surface area contributed by atoms with Crippen molar-refractivity contribution in [2.75, 3.05) is 0 Å². The fraction of sp³-hybridized carbons (Fsp3) is 0.222. The summed E-state index contributed by atoms with van der Waals surface area (Å²) in [5.74, 6) is 0. The van der Waals surface area contributed by atoms with Crippen LogP contribution in [-0.2, 0) is 10.9 Å². The van der Waals surface area contributed by atoms with E-state index in [1.54, 1.807) is 4.91 Å². The van der Waals surface area contributed by atoms with Gasteiger partial charge < -0.3 is 0 Å². The SMILES string of the molecule is CCC=C(CC)[S+]1c2ccccc2Sc2ccccc21. The molecule has 1 aliphatic heterocycles. The van der Waals surface area contributed by atoms with Crippen molar-refractivity contribution in [2.24, 2.45) is 0 Å². The lowest BCUT2D eigenvalue weighted by Gasteiger charge is -2.19. The Hall–Kier alpha value is -1.12. The first-order valence-electron chi connectivity index (χ1n) is 7.14. The van der Waals surface area contributed by atoms with Crippen LogP contribution in [0.4, 0.5) is 0 Å². The second-order valence-corrected chi connectivity index (χ2v) is 7.83. The Morgan fingerprint density at radius 3 is 2.00 bits per heavy atom. The first kappa shape index (κ1) is 13.8. The lowest BCUT2D eigenvalue weighted by molar-refractivity contribution is 1.09. The molecule has 0 aliphatic carbocycles. The van der Waals surface area contributed by atoms with Crippen LogP contribution in [0.3, 0.4) is 0 Å². The summed E-state index contributed by atoms with van der Waals surface area (Å²) in [6.07, 6.45) is 4.67. The molecule has 0 nitrogen and oxygen atoms in total. The molecule has 20 heavy (non-hydrogen) atoms. The smallest absolute Gasteiger partial charge is 0.0795 e. The van der Waals surface area contributed by atoms with E-state index in [-0.39, 0.29) is 10.9 Å². The molecule has 2 heteroatoms. The van der Waals surface area contributed by atoms with Crippen molar-refractivity contribution in [3.63, 3.8) is 0 Å². The topological polar surface area (TPSA) is 0 Å². The van der Waals surface area contributed by atoms with Crippen LogP contribution in [0.15, 0.2) is 79.1 Å². The molecule has 0 fully saturated rings. The zero-order chi connectivity index (χ0) is 13.9. The van der Waals surface area contributed by atoms with Gasteiger partial charge in [-0.15, -0.1) is 0 Å². The van der Waals surface area contributed by atoms with Gasteiger partial charge in [0.25, 0.3) is 0 Å². The van der Waals surface area contributed by atoms with Crippen LogP contribution in [0.25, 0.3) is 0 Å². The van der Waals surface area contributed by atoms with Crippen molar-refractivity contribution in [3.8, 4) is 0 Å². The van der Waals surface area contributed by atoms with Crippen LogP contribution >= 0.6 is 11.8 Å². The normalized spacial score (nSPS) is 14.8. The van der Waals surface area contributed by atoms with Crippen molar-refractivity contribution in [2.45, 2.75) is 46.3 Å². The molecule has 0 atom stereocenters. The van der Waals surface area contributed by atoms with Gasteiger partial charge in [-0.25, -0.2) is 0 Å². The predicted molar refractivity (Wildman–Crippen MR) is 89.6 cm³/mol. The predicted octanol–water partition coefficient (Wildman–Crippen LogP) is 5.89. The highest BCUT2D eigenvalue weighted by Crippen LogP contribution is 2.48. The van der Waals surface area contributed by atoms with Crippen molar-refractivity contribution in [1.29, 1.82) is 0 Å². The van der Waals surface area contributed by atoms with E-state index >= 15 is 0 Å². The van der Waals surface area contributed by atoms with E-state index in [9.17, 15) is 0 Å². The van der Waals surface area contributed by atoms with Gasteiger partial charge in [0.2, 0.25) is 0 Å². The highest BCUT2D eigenvalue weighted by molar-refractivity contribution is 8.05. The van der Waals surface area contributed by atoms with Gasteiger partial charge in [0, 0.05) is 6.42 Å². The Kier molecular flexibility index (Phi) is 4.23. The minimum absolute atomic E-state index is 0.108. The van der Waals surface area contributed by atoms with E-state index < -0.39 is 0 Å². The molecular formula is C18H19S2+. The van der Waals surface area contributed by atoms with E-state index in [0.29, 0.717) is 0 Å². The minimum Gasteiger partial charge on any atom is -0.0795 e. The molecule has 0 unspecified atom stereocenters. The number of fused-ring (bicyclic) bond motifs is 2. The van der Waals surface area contributed by atoms with Crippen molar-refractivity contribution < 1.29 is 0 Å². The van der Waals surface area contributed by atoms with Crippen molar-refractivity contribution in [3.05, 3.63) is 59.5 Å². The Balaban J connectivity index is 2.19. The molecule has 0 amide bonds. The quantitative estimate of drug-likeness (QED) is 0.637. The lowest BCUT2D eigenvalue weighted by atomic mass is 10.3. The maximum absolute atomic E-state index is 2.42. The fourth-order valence-electron chi connectivity index (χ4n) is 2.53. The largest absolute Gasteiger partial charge is 0.180 e. The molecule has 0 saturated heterocycles. The number of benzene rings is 2. The Labute approximate surface area is 128 Å². The van der Waals surface area contributed by atoms with Gasteiger partial charge in [-0.05, 0) is 36.8 Å². The maximum atomic E-state index is 2.42. The third-order valence-electron chi connectivity index (χ3n) is 3.40. The molecule has 2 aromatic carbocycles. The number of hydrogen-bond acceptors (Lipinski definition) is 1. The van der Waals surface area contributed by atoms with Gasteiger partial charge >= 0.3 is 0 Å². The Morgan fingerprint density at radius 2 is 1.50 bits per heavy atom. The van der Waals surface area contributed by atoms with Gasteiger partial charge in [0.15, 0.2) is 9.79 Å². The Morgan fingerprint density at radius 1 is 0.950 bits per heavy atom. The van der Waals surface area contributed by atoms with E-state index in [0.717, 1.165) is 12.8 Å². The molecule has 3 rings (SSSR count). The summed E-state index contributed by atoms with van der Waals surface area (Å²) >= 11 is 1.91. The van der Waals surface area contributed by atoms with E-state index in [4.69, 9.17) is 0 Å². The van der Waals surface area contributed by atoms with Crippen LogP contribution in [0, 0.1) is 0 Å². The molecule has 0 bridgehead atoms. The Bertz CT molecular complexity index is 598. The summed E-state index contributed by atoms with van der Waals surface area (Å²) in [6, 6.07) is 17.8. The summed E-state index contributed by atoms with van der Waals surface area (Å²) in [7, 11) is 0.108. The number of rotatable bonds is 3. The lowest BCUT2D eigenvalue weighted by Crippen LogP contribution is -2.12. The number of hydrogen-bond donors (Lipinski definition) is 0. The molecule has 0 aromatic heterocycles. The second kappa shape index (κ2) is 6.11. The van der Waals surface area contributed by atoms with Crippen molar-refractivity contribution >= 4 is 22.7 Å². The fourth-order valence-corrected chi connectivity index (χ4v) is 6.53. The third kappa shape index (κ3) is 2.43. The van der Waals surface area contributed by atoms with Crippen molar-refractivity contribution in [1.82, 2.24) is 0 Å². The van der Waals surface area contributed by atoms with E-state index in [1.165, 1.54) is 19.6 Å². The second-order valence-electron chi connectivity index (χ2n) is 4.73. The summed E-state index contributed by atoms with van der Waals surface area (Å²) in [6.45, 7) is 4.51. The van der Waals surface area contributed by atoms with Crippen LogP contribution in [0.5, 0.6) is 0 Å². The van der Waals surface area contributed by atoms with Gasteiger partial charge in [0.1, 0.15) is 4.91 Å². The zero-order valence-electron chi connectivity index (χ0n) is 11.9. The summed E-state index contributed by atoms with van der Waals surface area (Å²) in [5.41, 5.74) is 0. The minimum atomic E-state index is 0.108. The number of allylic oxidation sites excluding steroid dienone is 2. The average Bonchev–Trinajstić information content (AvgIpc) is 2.50. The standard InChI is InChI=1S/C18H19S2/c1-3-9-14(4-2)20-17-12-7-5-10-15(17)19-16-11-6-8-13-18(16)20/h5-13H,3-4H2,1-2H3/q+1. The molecule has 1 heterocycles. The van der Waals surface area contributed by atoms with E-state index in [2.05, 4.69) is 68.5 Å². The molecule has 0 spiro atoms. The summed E-state index contributed by atoms with van der Waals surface area (Å²) in [5, 5.41) is 0. The third-order valence-corrected chi connectivity index (χ3v) is 7.38. The molecule has 1 aliphatic rings. The molecule has 2 aromatic rings. The maximum Gasteiger partial charge on any atom is 0.180 e. The summed E-state index contributed by atoms with van der Waals surface area (Å²) < 4.78 is 0. The monoisotopic (exact) mass is 299 g/mol. The molecule has 0 N–H and O–H groups in total. The molecule has 102 valence electrons. The first-order chi connectivity index (χ1) is 9.85. The van der Waals surface area contributed by atoms with Gasteiger partial charge in [-0.3, -0.25) is 0 Å². The van der Waals surface area contributed by atoms with Gasteiger partial charge in [-0.1, -0.05) is 49.9 Å². The molecular weight excluding hydrogens is 280 g/mol. The van der Waals surface area contributed by atoms with Crippen LogP contribution in [0.2, 0.25) is 0 Å². The van der Waals surface area contributed by atoms with Gasteiger partial charge in [0.05, 0.1) is 20.7 Å². The zero-order valence-corrected chi connectivity index (χ0v) is 13.6. The average molecular weight is 299 g/mol. The molecule has 0 saturated carbocycles. The van der Waals surface area contributed by atoms with Crippen LogP contribution in [0.1, 0.15) is 26.7 Å². The molecule has 0 radical (unpaired) electrons. The van der Waals surface area contributed by atoms with Crippen LogP contribution < -0.4 is 0 Å².